The molecule has 0 spiro atoms. The van der Waals surface area contributed by atoms with Gasteiger partial charge in [0, 0.05) is 27.7 Å². The first-order valence-electron chi connectivity index (χ1n) is 7.10. The number of nitrogens with one attached hydrogen (secondary N) is 1. The fourth-order valence-corrected chi connectivity index (χ4v) is 3.24. The number of hydrogen-bond acceptors (Lipinski definition) is 4. The summed E-state index contributed by atoms with van der Waals surface area (Å²) in [5.74, 6) is 1.10. The van der Waals surface area contributed by atoms with Gasteiger partial charge in [0.15, 0.2) is 0 Å². The molecule has 1 atom stereocenters. The third-order valence-corrected chi connectivity index (χ3v) is 4.49. The monoisotopic (exact) mass is 395 g/mol. The largest absolute Gasteiger partial charge is 0.491 e. The third kappa shape index (κ3) is 6.64. The molecule has 0 heterocycles. The maximum absolute atomic E-state index is 10.9. The smallest absolute Gasteiger partial charge is 0.221 e. The SMILES string of the molecule is CC(=O)Nc1ccc(OCC(O)CSc2cccc(Br)c2)cc1. The lowest BCUT2D eigenvalue weighted by Crippen LogP contribution is -2.20. The van der Waals surface area contributed by atoms with Crippen molar-refractivity contribution in [1.82, 2.24) is 0 Å². The van der Waals surface area contributed by atoms with Crippen LogP contribution in [-0.2, 0) is 4.79 Å². The number of aliphatic hydroxyl groups is 1. The molecule has 2 rings (SSSR count). The number of amides is 1. The fraction of sp³-hybridized carbons (Fsp3) is 0.235. The van der Waals surface area contributed by atoms with Crippen LogP contribution >= 0.6 is 27.7 Å². The Morgan fingerprint density at radius 2 is 2.04 bits per heavy atom. The molecule has 0 aliphatic heterocycles. The van der Waals surface area contributed by atoms with Crippen LogP contribution in [0.1, 0.15) is 6.92 Å². The predicted molar refractivity (Wildman–Crippen MR) is 97.1 cm³/mol. The minimum absolute atomic E-state index is 0.112. The van der Waals surface area contributed by atoms with Crippen LogP contribution in [0.5, 0.6) is 5.75 Å². The molecule has 1 unspecified atom stereocenters. The summed E-state index contributed by atoms with van der Waals surface area (Å²) in [7, 11) is 0. The van der Waals surface area contributed by atoms with Gasteiger partial charge in [0.05, 0.1) is 6.10 Å². The molecule has 23 heavy (non-hydrogen) atoms. The normalized spacial score (nSPS) is 11.8. The van der Waals surface area contributed by atoms with Gasteiger partial charge in [-0.1, -0.05) is 22.0 Å². The summed E-state index contributed by atoms with van der Waals surface area (Å²) in [5.41, 5.74) is 0.718. The number of aliphatic hydroxyl groups excluding tert-OH is 1. The molecule has 6 heteroatoms. The molecular weight excluding hydrogens is 378 g/mol. The van der Waals surface area contributed by atoms with Crippen molar-refractivity contribution < 1.29 is 14.6 Å². The molecule has 0 saturated carbocycles. The van der Waals surface area contributed by atoms with Crippen molar-refractivity contribution in [3.8, 4) is 5.75 Å². The summed E-state index contributed by atoms with van der Waals surface area (Å²) >= 11 is 5.00. The number of ether oxygens (including phenoxy) is 1. The third-order valence-electron chi connectivity index (χ3n) is 2.86. The molecule has 0 aliphatic carbocycles. The Bertz CT molecular complexity index is 649. The number of carbonyl (C=O) groups is 1. The van der Waals surface area contributed by atoms with Crippen LogP contribution < -0.4 is 10.1 Å². The standard InChI is InChI=1S/C17H18BrNO3S/c1-12(20)19-14-5-7-16(8-6-14)22-10-15(21)11-23-17-4-2-3-13(18)9-17/h2-9,15,21H,10-11H2,1H3,(H,19,20). The zero-order chi connectivity index (χ0) is 16.7. The minimum atomic E-state index is -0.561. The van der Waals surface area contributed by atoms with Crippen molar-refractivity contribution >= 4 is 39.3 Å². The molecule has 0 aliphatic rings. The highest BCUT2D eigenvalue weighted by Crippen LogP contribution is 2.23. The van der Waals surface area contributed by atoms with Crippen LogP contribution in [0.4, 0.5) is 5.69 Å². The van der Waals surface area contributed by atoms with E-state index in [4.69, 9.17) is 4.74 Å². The molecule has 2 aromatic carbocycles. The van der Waals surface area contributed by atoms with Gasteiger partial charge in [-0.2, -0.15) is 0 Å². The van der Waals surface area contributed by atoms with Gasteiger partial charge in [0.25, 0.3) is 0 Å². The second kappa shape index (κ2) is 8.96. The lowest BCUT2D eigenvalue weighted by Gasteiger charge is -2.12. The molecule has 2 aromatic rings. The number of halogens is 1. The summed E-state index contributed by atoms with van der Waals surface area (Å²) in [6.07, 6.45) is -0.561. The average Bonchev–Trinajstić information content (AvgIpc) is 2.52. The Morgan fingerprint density at radius 3 is 2.70 bits per heavy atom. The van der Waals surface area contributed by atoms with Gasteiger partial charge in [0.1, 0.15) is 12.4 Å². The van der Waals surface area contributed by atoms with Crippen molar-refractivity contribution in [3.05, 3.63) is 53.0 Å². The van der Waals surface area contributed by atoms with E-state index >= 15 is 0 Å². The van der Waals surface area contributed by atoms with Gasteiger partial charge >= 0.3 is 0 Å². The summed E-state index contributed by atoms with van der Waals surface area (Å²) in [6.45, 7) is 1.68. The van der Waals surface area contributed by atoms with E-state index in [1.807, 2.05) is 24.3 Å². The molecule has 0 bridgehead atoms. The highest BCUT2D eigenvalue weighted by atomic mass is 79.9. The fourth-order valence-electron chi connectivity index (χ4n) is 1.83. The highest BCUT2D eigenvalue weighted by molar-refractivity contribution is 9.10. The second-order valence-corrected chi connectivity index (χ2v) is 6.95. The number of thioether (sulfide) groups is 1. The predicted octanol–water partition coefficient (Wildman–Crippen LogP) is 3.94. The van der Waals surface area contributed by atoms with Crippen LogP contribution in [0.2, 0.25) is 0 Å². The summed E-state index contributed by atoms with van der Waals surface area (Å²) in [5, 5.41) is 12.7. The van der Waals surface area contributed by atoms with Gasteiger partial charge in [-0.05, 0) is 42.5 Å². The first-order valence-corrected chi connectivity index (χ1v) is 8.87. The lowest BCUT2D eigenvalue weighted by molar-refractivity contribution is -0.114. The summed E-state index contributed by atoms with van der Waals surface area (Å²) in [4.78, 5) is 12.0. The second-order valence-electron chi connectivity index (χ2n) is 4.94. The molecular formula is C17H18BrNO3S. The molecule has 0 saturated heterocycles. The molecule has 122 valence electrons. The Kier molecular flexibility index (Phi) is 6.95. The number of benzene rings is 2. The Hall–Kier alpha value is -1.50. The number of anilines is 1. The lowest BCUT2D eigenvalue weighted by atomic mass is 10.3. The Balaban J connectivity index is 1.75. The van der Waals surface area contributed by atoms with Gasteiger partial charge < -0.3 is 15.2 Å². The Morgan fingerprint density at radius 1 is 1.30 bits per heavy atom. The van der Waals surface area contributed by atoms with Crippen molar-refractivity contribution in [3.63, 3.8) is 0 Å². The maximum Gasteiger partial charge on any atom is 0.221 e. The molecule has 2 N–H and O–H groups in total. The van der Waals surface area contributed by atoms with E-state index in [9.17, 15) is 9.90 Å². The number of carbonyl (C=O) groups excluding carboxylic acids is 1. The van der Waals surface area contributed by atoms with E-state index < -0.39 is 6.10 Å². The topological polar surface area (TPSA) is 58.6 Å². The van der Waals surface area contributed by atoms with Crippen LogP contribution in [0.25, 0.3) is 0 Å². The Labute approximate surface area is 148 Å². The molecule has 0 fully saturated rings. The van der Waals surface area contributed by atoms with Gasteiger partial charge in [-0.3, -0.25) is 4.79 Å². The van der Waals surface area contributed by atoms with Crippen molar-refractivity contribution in [1.29, 1.82) is 0 Å². The summed E-state index contributed by atoms with van der Waals surface area (Å²) in [6, 6.07) is 15.0. The van der Waals surface area contributed by atoms with E-state index in [0.29, 0.717) is 11.5 Å². The van der Waals surface area contributed by atoms with E-state index in [0.717, 1.165) is 15.1 Å². The maximum atomic E-state index is 10.9. The van der Waals surface area contributed by atoms with Crippen molar-refractivity contribution in [2.45, 2.75) is 17.9 Å². The van der Waals surface area contributed by atoms with Crippen LogP contribution in [0.15, 0.2) is 57.9 Å². The van der Waals surface area contributed by atoms with Gasteiger partial charge in [-0.25, -0.2) is 0 Å². The first kappa shape index (κ1) is 17.8. The zero-order valence-corrected chi connectivity index (χ0v) is 15.1. The molecule has 4 nitrogen and oxygen atoms in total. The molecule has 0 radical (unpaired) electrons. The van der Waals surface area contributed by atoms with Crippen molar-refractivity contribution in [2.24, 2.45) is 0 Å². The number of rotatable bonds is 7. The van der Waals surface area contributed by atoms with E-state index in [1.54, 1.807) is 36.0 Å². The van der Waals surface area contributed by atoms with Crippen LogP contribution in [0.3, 0.4) is 0 Å². The summed E-state index contributed by atoms with van der Waals surface area (Å²) < 4.78 is 6.58. The van der Waals surface area contributed by atoms with Crippen LogP contribution in [0, 0.1) is 0 Å². The van der Waals surface area contributed by atoms with E-state index in [-0.39, 0.29) is 12.5 Å². The molecule has 0 aromatic heterocycles. The minimum Gasteiger partial charge on any atom is -0.491 e. The quantitative estimate of drug-likeness (QED) is 0.697. The first-order chi connectivity index (χ1) is 11.0. The zero-order valence-electron chi connectivity index (χ0n) is 12.7. The molecule has 1 amide bonds. The van der Waals surface area contributed by atoms with E-state index in [2.05, 4.69) is 21.2 Å². The van der Waals surface area contributed by atoms with E-state index in [1.165, 1.54) is 6.92 Å². The average molecular weight is 396 g/mol. The van der Waals surface area contributed by atoms with Gasteiger partial charge in [0.2, 0.25) is 5.91 Å². The van der Waals surface area contributed by atoms with Gasteiger partial charge in [-0.15, -0.1) is 11.8 Å². The van der Waals surface area contributed by atoms with Crippen molar-refractivity contribution in [2.75, 3.05) is 17.7 Å². The number of hydrogen-bond donors (Lipinski definition) is 2. The highest BCUT2D eigenvalue weighted by Gasteiger charge is 2.07. The van der Waals surface area contributed by atoms with Crippen LogP contribution in [-0.4, -0.2) is 29.5 Å².